The number of methoxy groups -OCH3 is 1. The van der Waals surface area contributed by atoms with Crippen LogP contribution in [0.15, 0.2) is 48.6 Å². The van der Waals surface area contributed by atoms with Crippen LogP contribution < -0.4 is 5.32 Å². The van der Waals surface area contributed by atoms with Gasteiger partial charge >= 0.3 is 5.97 Å². The number of ether oxygens (including phenoxy) is 1. The van der Waals surface area contributed by atoms with Gasteiger partial charge in [0.25, 0.3) is 0 Å². The van der Waals surface area contributed by atoms with E-state index in [0.717, 1.165) is 17.0 Å². The summed E-state index contributed by atoms with van der Waals surface area (Å²) in [5.41, 5.74) is 5.39. The van der Waals surface area contributed by atoms with Crippen molar-refractivity contribution in [2.75, 3.05) is 12.4 Å². The molecular weight excluding hydrogens is 334 g/mol. The molecule has 0 amide bonds. The SMILES string of the molecule is COC(=O)c1ccc([C@@H]2Nc3c(C)cc(Cl)cc3[C@@H]3C=CC[C@H]32)cc1. The Kier molecular flexibility index (Phi) is 4.04. The van der Waals surface area contributed by atoms with Crippen molar-refractivity contribution < 1.29 is 9.53 Å². The van der Waals surface area contributed by atoms with Gasteiger partial charge in [-0.3, -0.25) is 0 Å². The average Bonchev–Trinajstić information content (AvgIpc) is 3.11. The summed E-state index contributed by atoms with van der Waals surface area (Å²) in [6, 6.07) is 12.0. The van der Waals surface area contributed by atoms with Gasteiger partial charge in [-0.15, -0.1) is 0 Å². The van der Waals surface area contributed by atoms with E-state index in [2.05, 4.69) is 30.5 Å². The van der Waals surface area contributed by atoms with Crippen molar-refractivity contribution in [3.05, 3.63) is 75.8 Å². The smallest absolute Gasteiger partial charge is 0.337 e. The summed E-state index contributed by atoms with van der Waals surface area (Å²) >= 11 is 6.29. The van der Waals surface area contributed by atoms with E-state index in [1.54, 1.807) is 0 Å². The number of aryl methyl sites for hydroxylation is 1. The molecule has 2 aromatic rings. The molecule has 1 aliphatic carbocycles. The Morgan fingerprint density at radius 1 is 1.24 bits per heavy atom. The van der Waals surface area contributed by atoms with Gasteiger partial charge in [0, 0.05) is 16.6 Å². The molecule has 3 nitrogen and oxygen atoms in total. The third-order valence-electron chi connectivity index (χ3n) is 5.32. The maximum atomic E-state index is 11.7. The molecule has 0 unspecified atom stereocenters. The topological polar surface area (TPSA) is 38.3 Å². The molecule has 0 bridgehead atoms. The fraction of sp³-hybridized carbons (Fsp3) is 0.286. The first kappa shape index (κ1) is 16.2. The highest BCUT2D eigenvalue weighted by Gasteiger charge is 2.38. The minimum atomic E-state index is -0.306. The van der Waals surface area contributed by atoms with Crippen molar-refractivity contribution in [1.29, 1.82) is 0 Å². The van der Waals surface area contributed by atoms with E-state index in [1.807, 2.05) is 30.3 Å². The maximum Gasteiger partial charge on any atom is 0.337 e. The molecule has 4 rings (SSSR count). The third kappa shape index (κ3) is 2.73. The van der Waals surface area contributed by atoms with E-state index in [1.165, 1.54) is 23.9 Å². The molecule has 1 aliphatic heterocycles. The van der Waals surface area contributed by atoms with Gasteiger partial charge in [0.05, 0.1) is 18.7 Å². The Morgan fingerprint density at radius 2 is 2.00 bits per heavy atom. The van der Waals surface area contributed by atoms with Crippen LogP contribution in [-0.2, 0) is 4.74 Å². The summed E-state index contributed by atoms with van der Waals surface area (Å²) in [5, 5.41) is 4.52. The quantitative estimate of drug-likeness (QED) is 0.591. The van der Waals surface area contributed by atoms with Crippen LogP contribution in [0.4, 0.5) is 5.69 Å². The van der Waals surface area contributed by atoms with Gasteiger partial charge in [-0.2, -0.15) is 0 Å². The van der Waals surface area contributed by atoms with Gasteiger partial charge in [0.15, 0.2) is 0 Å². The molecule has 25 heavy (non-hydrogen) atoms. The lowest BCUT2D eigenvalue weighted by Crippen LogP contribution is -2.29. The highest BCUT2D eigenvalue weighted by atomic mass is 35.5. The van der Waals surface area contributed by atoms with E-state index in [9.17, 15) is 4.79 Å². The molecule has 128 valence electrons. The molecule has 2 aliphatic rings. The number of rotatable bonds is 2. The Bertz CT molecular complexity index is 857. The third-order valence-corrected chi connectivity index (χ3v) is 5.54. The number of nitrogens with one attached hydrogen (secondary N) is 1. The zero-order valence-corrected chi connectivity index (χ0v) is 15.0. The maximum absolute atomic E-state index is 11.7. The number of benzene rings is 2. The van der Waals surface area contributed by atoms with Crippen LogP contribution in [0.3, 0.4) is 0 Å². The van der Waals surface area contributed by atoms with E-state index in [0.29, 0.717) is 17.4 Å². The first-order valence-corrected chi connectivity index (χ1v) is 8.88. The molecule has 1 heterocycles. The molecule has 1 N–H and O–H groups in total. The molecule has 0 aromatic heterocycles. The fourth-order valence-electron chi connectivity index (χ4n) is 4.12. The molecule has 3 atom stereocenters. The Balaban J connectivity index is 1.73. The first-order valence-electron chi connectivity index (χ1n) is 8.50. The van der Waals surface area contributed by atoms with Crippen molar-refractivity contribution in [2.45, 2.75) is 25.3 Å². The van der Waals surface area contributed by atoms with Crippen LogP contribution in [0.1, 0.15) is 45.4 Å². The lowest BCUT2D eigenvalue weighted by Gasteiger charge is -2.38. The number of carbonyl (C=O) groups is 1. The number of carbonyl (C=O) groups excluding carboxylic acids is 1. The molecule has 2 aromatic carbocycles. The predicted molar refractivity (Wildman–Crippen MR) is 100 cm³/mol. The van der Waals surface area contributed by atoms with Crippen LogP contribution in [0.2, 0.25) is 5.02 Å². The summed E-state index contributed by atoms with van der Waals surface area (Å²) in [7, 11) is 1.40. The number of esters is 1. The molecular formula is C21H20ClNO2. The highest BCUT2D eigenvalue weighted by molar-refractivity contribution is 6.30. The molecule has 4 heteroatoms. The van der Waals surface area contributed by atoms with Crippen molar-refractivity contribution in [3.8, 4) is 0 Å². The van der Waals surface area contributed by atoms with Crippen molar-refractivity contribution >= 4 is 23.3 Å². The van der Waals surface area contributed by atoms with Gasteiger partial charge in [-0.25, -0.2) is 4.79 Å². The number of fused-ring (bicyclic) bond motifs is 3. The largest absolute Gasteiger partial charge is 0.465 e. The number of hydrogen-bond acceptors (Lipinski definition) is 3. The van der Waals surface area contributed by atoms with Gasteiger partial charge < -0.3 is 10.1 Å². The Labute approximate surface area is 152 Å². The second-order valence-corrected chi connectivity index (χ2v) is 7.21. The van der Waals surface area contributed by atoms with Crippen LogP contribution in [0.5, 0.6) is 0 Å². The zero-order valence-electron chi connectivity index (χ0n) is 14.3. The minimum Gasteiger partial charge on any atom is -0.465 e. The van der Waals surface area contributed by atoms with Crippen LogP contribution in [-0.4, -0.2) is 13.1 Å². The Hall–Kier alpha value is -2.26. The molecule has 0 spiro atoms. The van der Waals surface area contributed by atoms with Gasteiger partial charge in [0.2, 0.25) is 0 Å². The normalized spacial score (nSPS) is 23.6. The number of allylic oxidation sites excluding steroid dienone is 2. The van der Waals surface area contributed by atoms with E-state index in [4.69, 9.17) is 16.3 Å². The number of hydrogen-bond donors (Lipinski definition) is 1. The lowest BCUT2D eigenvalue weighted by molar-refractivity contribution is 0.0600. The monoisotopic (exact) mass is 353 g/mol. The van der Waals surface area contributed by atoms with E-state index < -0.39 is 0 Å². The van der Waals surface area contributed by atoms with Crippen LogP contribution >= 0.6 is 11.6 Å². The summed E-state index contributed by atoms with van der Waals surface area (Å²) in [6.45, 7) is 2.09. The summed E-state index contributed by atoms with van der Waals surface area (Å²) in [6.07, 6.45) is 5.60. The highest BCUT2D eigenvalue weighted by Crippen LogP contribution is 2.51. The number of anilines is 1. The van der Waals surface area contributed by atoms with Crippen molar-refractivity contribution in [1.82, 2.24) is 0 Å². The van der Waals surface area contributed by atoms with Crippen LogP contribution in [0, 0.1) is 12.8 Å². The fourth-order valence-corrected chi connectivity index (χ4v) is 4.40. The lowest BCUT2D eigenvalue weighted by atomic mass is 9.76. The van der Waals surface area contributed by atoms with Crippen molar-refractivity contribution in [3.63, 3.8) is 0 Å². The standard InChI is InChI=1S/C21H20ClNO2/c1-12-10-15(22)11-18-16-4-3-5-17(16)20(23-19(12)18)13-6-8-14(9-7-13)21(24)25-2/h3-4,6-11,16-17,20,23H,5H2,1-2H3/t16-,17-,20+/m1/s1. The summed E-state index contributed by atoms with van der Waals surface area (Å²) in [5.74, 6) is 0.521. The van der Waals surface area contributed by atoms with Crippen molar-refractivity contribution in [2.24, 2.45) is 5.92 Å². The second kappa shape index (κ2) is 6.23. The summed E-state index contributed by atoms with van der Waals surface area (Å²) < 4.78 is 4.79. The predicted octanol–water partition coefficient (Wildman–Crippen LogP) is 5.26. The van der Waals surface area contributed by atoms with E-state index in [-0.39, 0.29) is 12.0 Å². The minimum absolute atomic E-state index is 0.207. The van der Waals surface area contributed by atoms with Gasteiger partial charge in [-0.1, -0.05) is 35.9 Å². The molecule has 0 radical (unpaired) electrons. The zero-order chi connectivity index (χ0) is 17.6. The molecule has 0 saturated heterocycles. The van der Waals surface area contributed by atoms with Crippen LogP contribution in [0.25, 0.3) is 0 Å². The van der Waals surface area contributed by atoms with E-state index >= 15 is 0 Å². The molecule has 0 fully saturated rings. The van der Waals surface area contributed by atoms with Gasteiger partial charge in [-0.05, 0) is 60.2 Å². The Morgan fingerprint density at radius 3 is 2.72 bits per heavy atom. The summed E-state index contributed by atoms with van der Waals surface area (Å²) in [4.78, 5) is 11.7. The average molecular weight is 354 g/mol. The number of halogens is 1. The second-order valence-electron chi connectivity index (χ2n) is 6.78. The molecule has 0 saturated carbocycles. The van der Waals surface area contributed by atoms with Gasteiger partial charge in [0.1, 0.15) is 0 Å². The first-order chi connectivity index (χ1) is 12.1.